The van der Waals surface area contributed by atoms with E-state index in [0.717, 1.165) is 5.56 Å². The average molecular weight is 323 g/mol. The van der Waals surface area contributed by atoms with E-state index in [2.05, 4.69) is 21.2 Å². The van der Waals surface area contributed by atoms with Crippen LogP contribution in [-0.2, 0) is 16.9 Å². The van der Waals surface area contributed by atoms with Crippen molar-refractivity contribution in [3.8, 4) is 0 Å². The number of rotatable bonds is 5. The van der Waals surface area contributed by atoms with Crippen LogP contribution in [0.4, 0.5) is 0 Å². The lowest BCUT2D eigenvalue weighted by molar-refractivity contribution is -0.124. The number of primary amides is 1. The highest BCUT2D eigenvalue weighted by Gasteiger charge is 2.36. The molecule has 2 aromatic rings. The molecule has 0 aliphatic carbocycles. The second kappa shape index (κ2) is 5.59. The van der Waals surface area contributed by atoms with Crippen LogP contribution in [-0.4, -0.2) is 5.91 Å². The van der Waals surface area contributed by atoms with Crippen molar-refractivity contribution < 1.29 is 9.21 Å². The number of benzene rings is 1. The molecule has 3 N–H and O–H groups in total. The number of hydrogen-bond donors (Lipinski definition) is 2. The van der Waals surface area contributed by atoms with Crippen LogP contribution in [0.3, 0.4) is 0 Å². The van der Waals surface area contributed by atoms with Gasteiger partial charge in [0.2, 0.25) is 5.91 Å². The molecule has 0 bridgehead atoms. The van der Waals surface area contributed by atoms with Crippen LogP contribution >= 0.6 is 15.9 Å². The van der Waals surface area contributed by atoms with Crippen LogP contribution in [0.2, 0.25) is 0 Å². The Morgan fingerprint density at radius 2 is 2.00 bits per heavy atom. The number of nitrogens with one attached hydrogen (secondary N) is 1. The number of hydrogen-bond acceptors (Lipinski definition) is 3. The number of halogens is 1. The third-order valence-electron chi connectivity index (χ3n) is 3.05. The molecule has 0 radical (unpaired) electrons. The van der Waals surface area contributed by atoms with E-state index in [4.69, 9.17) is 10.2 Å². The maximum Gasteiger partial charge on any atom is 0.245 e. The first-order valence-corrected chi connectivity index (χ1v) is 6.66. The Morgan fingerprint density at radius 1 is 1.32 bits per heavy atom. The monoisotopic (exact) mass is 322 g/mol. The Morgan fingerprint density at radius 3 is 2.53 bits per heavy atom. The van der Waals surface area contributed by atoms with Gasteiger partial charge in [-0.2, -0.15) is 0 Å². The van der Waals surface area contributed by atoms with E-state index in [0.29, 0.717) is 17.0 Å². The highest BCUT2D eigenvalue weighted by Crippen LogP contribution is 2.25. The van der Waals surface area contributed by atoms with Gasteiger partial charge in [0, 0.05) is 6.54 Å². The van der Waals surface area contributed by atoms with Crippen molar-refractivity contribution in [2.45, 2.75) is 19.0 Å². The van der Waals surface area contributed by atoms with Crippen LogP contribution in [0.5, 0.6) is 0 Å². The van der Waals surface area contributed by atoms with Gasteiger partial charge in [-0.1, -0.05) is 30.3 Å². The van der Waals surface area contributed by atoms with Crippen molar-refractivity contribution in [3.63, 3.8) is 0 Å². The van der Waals surface area contributed by atoms with E-state index in [1.54, 1.807) is 19.1 Å². The predicted octanol–water partition coefficient (Wildman–Crippen LogP) is 2.53. The van der Waals surface area contributed by atoms with E-state index in [1.807, 2.05) is 30.3 Å². The van der Waals surface area contributed by atoms with Gasteiger partial charge in [-0.25, -0.2) is 0 Å². The first kappa shape index (κ1) is 13.8. The number of amides is 1. The fourth-order valence-electron chi connectivity index (χ4n) is 1.75. The van der Waals surface area contributed by atoms with Crippen LogP contribution in [0, 0.1) is 0 Å². The van der Waals surface area contributed by atoms with Gasteiger partial charge in [-0.3, -0.25) is 10.1 Å². The van der Waals surface area contributed by atoms with Gasteiger partial charge in [0.1, 0.15) is 5.76 Å². The smallest absolute Gasteiger partial charge is 0.245 e. The Bertz CT molecular complexity index is 568. The molecule has 2 rings (SSSR count). The summed E-state index contributed by atoms with van der Waals surface area (Å²) in [7, 11) is 0. The number of carbonyl (C=O) groups excluding carboxylic acids is 1. The summed E-state index contributed by atoms with van der Waals surface area (Å²) in [4.78, 5) is 11.7. The van der Waals surface area contributed by atoms with Crippen LogP contribution in [0.25, 0.3) is 0 Å². The number of nitrogens with two attached hydrogens (primary N) is 1. The highest BCUT2D eigenvalue weighted by molar-refractivity contribution is 9.10. The zero-order valence-electron chi connectivity index (χ0n) is 10.5. The van der Waals surface area contributed by atoms with Gasteiger partial charge >= 0.3 is 0 Å². The Labute approximate surface area is 120 Å². The van der Waals surface area contributed by atoms with E-state index in [-0.39, 0.29) is 0 Å². The lowest BCUT2D eigenvalue weighted by Crippen LogP contribution is -2.49. The summed E-state index contributed by atoms with van der Waals surface area (Å²) in [5.41, 5.74) is 5.53. The maximum absolute atomic E-state index is 11.7. The Hall–Kier alpha value is -1.59. The quantitative estimate of drug-likeness (QED) is 0.888. The van der Waals surface area contributed by atoms with E-state index < -0.39 is 11.4 Å². The van der Waals surface area contributed by atoms with E-state index >= 15 is 0 Å². The Balaban J connectivity index is 2.19. The summed E-state index contributed by atoms with van der Waals surface area (Å²) in [6, 6.07) is 13.3. The summed E-state index contributed by atoms with van der Waals surface area (Å²) in [5.74, 6) is 0.00749. The van der Waals surface area contributed by atoms with Crippen molar-refractivity contribution in [1.82, 2.24) is 5.32 Å². The molecule has 0 saturated carbocycles. The molecule has 0 fully saturated rings. The van der Waals surface area contributed by atoms with Crippen molar-refractivity contribution in [3.05, 3.63) is 58.5 Å². The predicted molar refractivity (Wildman–Crippen MR) is 76.2 cm³/mol. The van der Waals surface area contributed by atoms with Gasteiger partial charge in [-0.05, 0) is 40.5 Å². The van der Waals surface area contributed by atoms with Crippen molar-refractivity contribution >= 4 is 21.8 Å². The SMILES string of the molecule is CC(NCc1ccccc1)(C(N)=O)c1ccc(Br)o1. The molecule has 1 heterocycles. The minimum Gasteiger partial charge on any atom is -0.452 e. The molecule has 0 saturated heterocycles. The zero-order chi connectivity index (χ0) is 13.9. The molecule has 0 aliphatic heterocycles. The lowest BCUT2D eigenvalue weighted by Gasteiger charge is -2.25. The third-order valence-corrected chi connectivity index (χ3v) is 3.47. The van der Waals surface area contributed by atoms with Gasteiger partial charge < -0.3 is 10.2 Å². The number of furan rings is 1. The third kappa shape index (κ3) is 3.05. The maximum atomic E-state index is 11.7. The second-order valence-corrected chi connectivity index (χ2v) is 5.21. The fourth-order valence-corrected chi connectivity index (χ4v) is 2.06. The second-order valence-electron chi connectivity index (χ2n) is 4.43. The standard InChI is InChI=1S/C14H15BrN2O2/c1-14(13(16)18,11-7-8-12(15)19-11)17-9-10-5-3-2-4-6-10/h2-8,17H,9H2,1H3,(H2,16,18). The van der Waals surface area contributed by atoms with Crippen LogP contribution in [0.1, 0.15) is 18.2 Å². The molecule has 100 valence electrons. The van der Waals surface area contributed by atoms with Gasteiger partial charge in [0.25, 0.3) is 0 Å². The molecule has 1 aromatic carbocycles. The van der Waals surface area contributed by atoms with Gasteiger partial charge in [0.05, 0.1) is 0 Å². The summed E-state index contributed by atoms with van der Waals surface area (Å²) >= 11 is 3.22. The highest BCUT2D eigenvalue weighted by atomic mass is 79.9. The van der Waals surface area contributed by atoms with Crippen LogP contribution < -0.4 is 11.1 Å². The fraction of sp³-hybridized carbons (Fsp3) is 0.214. The number of carbonyl (C=O) groups is 1. The largest absolute Gasteiger partial charge is 0.452 e. The van der Waals surface area contributed by atoms with E-state index in [1.165, 1.54) is 0 Å². The molecular formula is C14H15BrN2O2. The summed E-state index contributed by atoms with van der Waals surface area (Å²) in [6.07, 6.45) is 0. The minimum absolute atomic E-state index is 0.481. The molecule has 1 aromatic heterocycles. The minimum atomic E-state index is -1.04. The van der Waals surface area contributed by atoms with Crippen molar-refractivity contribution in [2.24, 2.45) is 5.73 Å². The molecule has 19 heavy (non-hydrogen) atoms. The molecular weight excluding hydrogens is 308 g/mol. The molecule has 1 atom stereocenters. The first-order valence-electron chi connectivity index (χ1n) is 5.87. The van der Waals surface area contributed by atoms with Crippen molar-refractivity contribution in [2.75, 3.05) is 0 Å². The molecule has 0 aliphatic rings. The molecule has 4 nitrogen and oxygen atoms in total. The molecule has 1 amide bonds. The molecule has 1 unspecified atom stereocenters. The normalized spacial score (nSPS) is 14.0. The molecule has 5 heteroatoms. The summed E-state index contributed by atoms with van der Waals surface area (Å²) < 4.78 is 6.02. The van der Waals surface area contributed by atoms with Crippen molar-refractivity contribution in [1.29, 1.82) is 0 Å². The molecule has 0 spiro atoms. The Kier molecular flexibility index (Phi) is 4.07. The van der Waals surface area contributed by atoms with E-state index in [9.17, 15) is 4.79 Å². The summed E-state index contributed by atoms with van der Waals surface area (Å²) in [6.45, 7) is 2.24. The zero-order valence-corrected chi connectivity index (χ0v) is 12.1. The van der Waals surface area contributed by atoms with Gasteiger partial charge in [-0.15, -0.1) is 0 Å². The average Bonchev–Trinajstić information content (AvgIpc) is 2.84. The summed E-state index contributed by atoms with van der Waals surface area (Å²) in [5, 5.41) is 3.15. The topological polar surface area (TPSA) is 68.3 Å². The van der Waals surface area contributed by atoms with Gasteiger partial charge in [0.15, 0.2) is 10.2 Å². The lowest BCUT2D eigenvalue weighted by atomic mass is 9.97. The first-order chi connectivity index (χ1) is 9.02. The van der Waals surface area contributed by atoms with Crippen LogP contribution in [0.15, 0.2) is 51.6 Å².